The van der Waals surface area contributed by atoms with E-state index >= 15 is 0 Å². The highest BCUT2D eigenvalue weighted by Gasteiger charge is 2.31. The first-order chi connectivity index (χ1) is 18.7. The van der Waals surface area contributed by atoms with Gasteiger partial charge < -0.3 is 19.1 Å². The van der Waals surface area contributed by atoms with Crippen molar-refractivity contribution >= 4 is 44.8 Å². The van der Waals surface area contributed by atoms with Crippen LogP contribution in [-0.2, 0) is 38.4 Å². The van der Waals surface area contributed by atoms with Crippen LogP contribution in [0.15, 0.2) is 24.3 Å². The molecule has 1 aliphatic rings. The average Bonchev–Trinajstić information content (AvgIpc) is 3.47. The number of carbonyl (C=O) groups is 2. The van der Waals surface area contributed by atoms with Crippen molar-refractivity contribution in [2.24, 2.45) is 0 Å². The summed E-state index contributed by atoms with van der Waals surface area (Å²) in [5.74, 6) is 0.194. The second kappa shape index (κ2) is 13.3. The summed E-state index contributed by atoms with van der Waals surface area (Å²) in [5.41, 5.74) is 2.72. The Morgan fingerprint density at radius 3 is 2.44 bits per heavy atom. The van der Waals surface area contributed by atoms with Crippen LogP contribution in [0.1, 0.15) is 42.5 Å². The van der Waals surface area contributed by atoms with Gasteiger partial charge in [0.25, 0.3) is 0 Å². The number of carbonyl (C=O) groups excluding carboxylic acids is 2. The summed E-state index contributed by atoms with van der Waals surface area (Å²) < 4.78 is 17.2. The van der Waals surface area contributed by atoms with Gasteiger partial charge in [0.2, 0.25) is 0 Å². The molecular weight excluding hydrogens is 534 g/mol. The molecule has 2 aromatic heterocycles. The molecule has 1 aliphatic heterocycles. The lowest BCUT2D eigenvalue weighted by Gasteiger charge is -2.30. The third-order valence-electron chi connectivity index (χ3n) is 6.58. The van der Waals surface area contributed by atoms with E-state index in [1.165, 1.54) is 5.56 Å². The highest BCUT2D eigenvalue weighted by Crippen LogP contribution is 2.43. The smallest absolute Gasteiger partial charge is 0.410 e. The summed E-state index contributed by atoms with van der Waals surface area (Å²) in [6.07, 6.45) is 1.23. The van der Waals surface area contributed by atoms with Crippen LogP contribution in [0.2, 0.25) is 0 Å². The number of thiophene rings is 1. The predicted octanol–water partition coefficient (Wildman–Crippen LogP) is 5.41. The number of ketones is 1. The first-order valence-corrected chi connectivity index (χ1v) is 15.0. The Morgan fingerprint density at radius 1 is 1.05 bits per heavy atom. The highest BCUT2D eigenvalue weighted by molar-refractivity contribution is 7.22. The average molecular weight is 574 g/mol. The lowest BCUT2D eigenvalue weighted by Crippen LogP contribution is -2.39. The molecule has 4 rings (SSSR count). The Balaban J connectivity index is 1.57. The normalized spacial score (nSPS) is 13.7. The van der Waals surface area contributed by atoms with Crippen LogP contribution >= 0.6 is 22.7 Å². The molecule has 1 aromatic carbocycles. The van der Waals surface area contributed by atoms with Gasteiger partial charge in [-0.25, -0.2) is 9.78 Å². The van der Waals surface area contributed by atoms with E-state index in [1.807, 2.05) is 39.0 Å². The standard InChI is InChI=1S/C29H39N3O5S2/c1-29(2,3)37-28(34)32-13-11-21-25(19-32)38-24(26(21)27-30-22-8-6-7-9-23(22)39-27)18-20(33)10-12-31(14-16-35-4)15-17-36-5/h6-9H,10-19H2,1-5H3. The fraction of sp³-hybridized carbons (Fsp3) is 0.552. The molecule has 0 unspecified atom stereocenters. The van der Waals surface area contributed by atoms with Gasteiger partial charge in [-0.2, -0.15) is 0 Å². The molecule has 0 radical (unpaired) electrons. The summed E-state index contributed by atoms with van der Waals surface area (Å²) in [5, 5.41) is 0.948. The van der Waals surface area contributed by atoms with Gasteiger partial charge in [0.05, 0.1) is 30.0 Å². The van der Waals surface area contributed by atoms with E-state index in [4.69, 9.17) is 19.2 Å². The lowest BCUT2D eigenvalue weighted by molar-refractivity contribution is -0.118. The molecule has 0 aliphatic carbocycles. The number of thiazole rings is 1. The van der Waals surface area contributed by atoms with E-state index in [-0.39, 0.29) is 11.9 Å². The molecule has 0 N–H and O–H groups in total. The van der Waals surface area contributed by atoms with E-state index in [0.29, 0.717) is 52.1 Å². The highest BCUT2D eigenvalue weighted by atomic mass is 32.1. The van der Waals surface area contributed by atoms with Gasteiger partial charge in [0.15, 0.2) is 0 Å². The number of benzene rings is 1. The maximum Gasteiger partial charge on any atom is 0.410 e. The quantitative estimate of drug-likeness (QED) is 0.286. The van der Waals surface area contributed by atoms with E-state index in [1.54, 1.807) is 41.8 Å². The minimum atomic E-state index is -0.545. The fourth-order valence-electron chi connectivity index (χ4n) is 4.62. The van der Waals surface area contributed by atoms with Crippen LogP contribution in [0.5, 0.6) is 0 Å². The van der Waals surface area contributed by atoms with Crippen LogP contribution in [-0.4, -0.2) is 85.9 Å². The maximum absolute atomic E-state index is 13.3. The first kappa shape index (κ1) is 29.6. The fourth-order valence-corrected chi connectivity index (χ4v) is 7.15. The summed E-state index contributed by atoms with van der Waals surface area (Å²) in [6, 6.07) is 8.13. The van der Waals surface area contributed by atoms with Crippen LogP contribution in [0.3, 0.4) is 0 Å². The van der Waals surface area contributed by atoms with Gasteiger partial charge >= 0.3 is 6.09 Å². The number of nitrogens with zero attached hydrogens (tertiary/aromatic N) is 3. The SMILES string of the molecule is COCCN(CCOC)CCC(=O)Cc1sc2c(c1-c1nc3ccccc3s1)CCN(C(=O)OC(C)(C)C)C2. The predicted molar refractivity (Wildman–Crippen MR) is 157 cm³/mol. The van der Waals surface area contributed by atoms with Crippen LogP contribution in [0.25, 0.3) is 20.8 Å². The number of fused-ring (bicyclic) bond motifs is 2. The lowest BCUT2D eigenvalue weighted by atomic mass is 10.00. The zero-order valence-electron chi connectivity index (χ0n) is 23.6. The molecule has 3 heterocycles. The van der Waals surface area contributed by atoms with Crippen LogP contribution in [0, 0.1) is 0 Å². The van der Waals surface area contributed by atoms with Gasteiger partial charge in [-0.1, -0.05) is 12.1 Å². The molecule has 0 saturated heterocycles. The second-order valence-electron chi connectivity index (χ2n) is 10.7. The van der Waals surface area contributed by atoms with E-state index in [0.717, 1.165) is 43.6 Å². The Bertz CT molecular complexity index is 1240. The second-order valence-corrected chi connectivity index (χ2v) is 13.0. The van der Waals surface area contributed by atoms with Crippen molar-refractivity contribution in [2.45, 2.75) is 52.2 Å². The summed E-state index contributed by atoms with van der Waals surface area (Å²) >= 11 is 3.30. The van der Waals surface area contributed by atoms with Crippen molar-refractivity contribution in [3.05, 3.63) is 39.6 Å². The van der Waals surface area contributed by atoms with Crippen molar-refractivity contribution in [1.29, 1.82) is 0 Å². The van der Waals surface area contributed by atoms with Gasteiger partial charge in [-0.3, -0.25) is 9.69 Å². The molecular formula is C29H39N3O5S2. The first-order valence-electron chi connectivity index (χ1n) is 13.4. The van der Waals surface area contributed by atoms with Crippen molar-refractivity contribution in [3.8, 4) is 10.6 Å². The number of ether oxygens (including phenoxy) is 3. The molecule has 0 fully saturated rings. The Morgan fingerprint density at radius 2 is 1.77 bits per heavy atom. The van der Waals surface area contributed by atoms with E-state index < -0.39 is 5.60 Å². The van der Waals surface area contributed by atoms with Gasteiger partial charge in [0, 0.05) is 68.6 Å². The summed E-state index contributed by atoms with van der Waals surface area (Å²) in [6.45, 7) is 10.1. The minimum absolute atomic E-state index is 0.194. The van der Waals surface area contributed by atoms with Gasteiger partial charge in [-0.05, 0) is 44.9 Å². The Kier molecular flexibility index (Phi) is 10.1. The number of hydrogen-bond acceptors (Lipinski definition) is 9. The molecule has 8 nitrogen and oxygen atoms in total. The summed E-state index contributed by atoms with van der Waals surface area (Å²) in [7, 11) is 3.37. The molecule has 3 aromatic rings. The zero-order chi connectivity index (χ0) is 28.0. The molecule has 0 saturated carbocycles. The van der Waals surface area contributed by atoms with Crippen LogP contribution < -0.4 is 0 Å². The molecule has 39 heavy (non-hydrogen) atoms. The molecule has 0 spiro atoms. The monoisotopic (exact) mass is 573 g/mol. The molecule has 1 amide bonds. The van der Waals surface area contributed by atoms with Gasteiger partial charge in [-0.15, -0.1) is 22.7 Å². The number of aromatic nitrogens is 1. The molecule has 0 bridgehead atoms. The van der Waals surface area contributed by atoms with Gasteiger partial charge in [0.1, 0.15) is 16.4 Å². The number of rotatable bonds is 12. The van der Waals surface area contributed by atoms with E-state index in [2.05, 4.69) is 11.0 Å². The van der Waals surface area contributed by atoms with Crippen molar-refractivity contribution in [3.63, 3.8) is 0 Å². The number of amides is 1. The van der Waals surface area contributed by atoms with Crippen molar-refractivity contribution < 1.29 is 23.8 Å². The Labute approximate surface area is 238 Å². The Hall–Kier alpha value is -2.37. The number of Topliss-reactive ketones (excluding diaryl/α,β-unsaturated/α-hetero) is 1. The number of hydrogen-bond donors (Lipinski definition) is 0. The number of methoxy groups -OCH3 is 2. The largest absolute Gasteiger partial charge is 0.444 e. The zero-order valence-corrected chi connectivity index (χ0v) is 25.2. The third kappa shape index (κ3) is 7.85. The molecule has 212 valence electrons. The van der Waals surface area contributed by atoms with Crippen LogP contribution in [0.4, 0.5) is 4.79 Å². The third-order valence-corrected chi connectivity index (χ3v) is 8.85. The summed E-state index contributed by atoms with van der Waals surface area (Å²) in [4.78, 5) is 37.2. The maximum atomic E-state index is 13.3. The van der Waals surface area contributed by atoms with Crippen molar-refractivity contribution in [2.75, 3.05) is 53.6 Å². The minimum Gasteiger partial charge on any atom is -0.444 e. The number of para-hydroxylation sites is 1. The van der Waals surface area contributed by atoms with E-state index in [9.17, 15) is 9.59 Å². The topological polar surface area (TPSA) is 81.2 Å². The van der Waals surface area contributed by atoms with Crippen molar-refractivity contribution in [1.82, 2.24) is 14.8 Å². The molecule has 0 atom stereocenters. The molecule has 10 heteroatoms.